The Morgan fingerprint density at radius 1 is 0.773 bits per heavy atom. The molecule has 0 N–H and O–H groups in total. The maximum absolute atomic E-state index is 13.9. The van der Waals surface area contributed by atoms with Gasteiger partial charge in [-0.3, -0.25) is 0 Å². The molecule has 0 aromatic heterocycles. The zero-order chi connectivity index (χ0) is 16.9. The molecule has 22 heavy (non-hydrogen) atoms. The molecule has 134 valence electrons. The van der Waals surface area contributed by atoms with Crippen LogP contribution in [-0.2, 0) is 26.0 Å². The summed E-state index contributed by atoms with van der Waals surface area (Å²) in [6, 6.07) is 0. The van der Waals surface area contributed by atoms with E-state index in [0.29, 0.717) is 16.1 Å². The molecule has 0 rings (SSSR count). The summed E-state index contributed by atoms with van der Waals surface area (Å²) in [6.45, 7) is 11.1. The van der Waals surface area contributed by atoms with Crippen LogP contribution in [0.25, 0.3) is 0 Å². The molecule has 0 unspecified atom stereocenters. The summed E-state index contributed by atoms with van der Waals surface area (Å²) >= 11 is -4.51. The Morgan fingerprint density at radius 2 is 1.23 bits per heavy atom. The monoisotopic (exact) mass is 352 g/mol. The summed E-state index contributed by atoms with van der Waals surface area (Å²) in [7, 11) is 0. The van der Waals surface area contributed by atoms with Crippen LogP contribution in [0.3, 0.4) is 0 Å². The molecule has 0 aromatic carbocycles. The second-order valence-corrected chi connectivity index (χ2v) is 13.6. The van der Waals surface area contributed by atoms with Gasteiger partial charge in [0.15, 0.2) is 0 Å². The van der Waals surface area contributed by atoms with Crippen molar-refractivity contribution in [2.24, 2.45) is 0 Å². The van der Waals surface area contributed by atoms with Gasteiger partial charge in [-0.2, -0.15) is 0 Å². The molecule has 0 radical (unpaired) electrons. The molecule has 0 saturated heterocycles. The van der Waals surface area contributed by atoms with Crippen molar-refractivity contribution in [2.75, 3.05) is 6.61 Å². The predicted molar refractivity (Wildman–Crippen MR) is 91.0 cm³/mol. The van der Waals surface area contributed by atoms with Crippen LogP contribution in [0.1, 0.15) is 92.4 Å². The van der Waals surface area contributed by atoms with Gasteiger partial charge in [0.25, 0.3) is 0 Å². The zero-order valence-corrected chi connectivity index (χ0v) is 17.3. The molecule has 0 heterocycles. The first kappa shape index (κ1) is 22.4. The molecule has 4 heteroatoms. The van der Waals surface area contributed by atoms with Crippen molar-refractivity contribution in [3.05, 3.63) is 0 Å². The van der Waals surface area contributed by atoms with Crippen LogP contribution in [0.2, 0.25) is 9.45 Å². The topological polar surface area (TPSA) is 35.5 Å². The number of rotatable bonds is 15. The zero-order valence-electron chi connectivity index (χ0n) is 15.8. The normalized spacial score (nSPS) is 13.0. The van der Waals surface area contributed by atoms with Crippen LogP contribution in [0.15, 0.2) is 0 Å². The molecule has 3 nitrogen and oxygen atoms in total. The number of hydrogen-bond acceptors (Lipinski definition) is 3. The van der Waals surface area contributed by atoms with Crippen molar-refractivity contribution in [1.82, 2.24) is 0 Å². The molecule has 0 aromatic rings. The predicted octanol–water partition coefficient (Wildman–Crippen LogP) is 6.70. The van der Waals surface area contributed by atoms with E-state index in [2.05, 4.69) is 20.8 Å². The van der Waals surface area contributed by atoms with Gasteiger partial charge in [-0.25, -0.2) is 0 Å². The van der Waals surface area contributed by atoms with E-state index in [1.807, 2.05) is 13.8 Å². The summed E-state index contributed by atoms with van der Waals surface area (Å²) < 4.78 is 27.5. The van der Waals surface area contributed by atoms with Gasteiger partial charge in [0.1, 0.15) is 0 Å². The standard InChI is InChI=1S/C5H11O.2C5H11.C3H7O.O.Ti/c1-2-3-4-5-6;2*1-3-5-4-2;1-3(2)4;;/h2-5H2,1H3;2*1,3-5H2,2H3;3H,1-2H3;;/q-1;;;-1;;+2. The van der Waals surface area contributed by atoms with Crippen LogP contribution in [0, 0.1) is 0 Å². The molecule has 0 amide bonds. The average molecular weight is 352 g/mol. The van der Waals surface area contributed by atoms with Crippen molar-refractivity contribution in [1.29, 1.82) is 0 Å². The Labute approximate surface area is 140 Å². The average Bonchev–Trinajstić information content (AvgIpc) is 2.44. The van der Waals surface area contributed by atoms with Gasteiger partial charge < -0.3 is 0 Å². The summed E-state index contributed by atoms with van der Waals surface area (Å²) in [6.07, 6.45) is 9.65. The van der Waals surface area contributed by atoms with Gasteiger partial charge in [-0.05, 0) is 0 Å². The first-order chi connectivity index (χ1) is 10.4. The van der Waals surface area contributed by atoms with E-state index in [9.17, 15) is 3.32 Å². The number of hydrogen-bond donors (Lipinski definition) is 0. The maximum atomic E-state index is 13.9. The Bertz CT molecular complexity index is 312. The molecule has 0 aliphatic heterocycles. The molecule has 0 atom stereocenters. The van der Waals surface area contributed by atoms with Crippen LogP contribution < -0.4 is 0 Å². The Kier molecular flexibility index (Phi) is 12.1. The van der Waals surface area contributed by atoms with Crippen LogP contribution in [0.4, 0.5) is 0 Å². The van der Waals surface area contributed by atoms with Gasteiger partial charge >= 0.3 is 141 Å². The molecule has 0 saturated carbocycles. The molecule has 0 bridgehead atoms. The van der Waals surface area contributed by atoms with E-state index in [1.54, 1.807) is 0 Å². The second-order valence-electron chi connectivity index (χ2n) is 7.00. The molecule has 0 aliphatic carbocycles. The van der Waals surface area contributed by atoms with Crippen molar-refractivity contribution in [3.8, 4) is 0 Å². The minimum atomic E-state index is -4.51. The van der Waals surface area contributed by atoms with E-state index < -0.39 is 16.1 Å². The van der Waals surface area contributed by atoms with E-state index in [-0.39, 0.29) is 6.10 Å². The van der Waals surface area contributed by atoms with Crippen molar-refractivity contribution in [2.45, 2.75) is 108 Å². The fourth-order valence-electron chi connectivity index (χ4n) is 3.03. The third-order valence-electron chi connectivity index (χ3n) is 4.20. The van der Waals surface area contributed by atoms with Crippen LogP contribution in [0.5, 0.6) is 0 Å². The van der Waals surface area contributed by atoms with Crippen molar-refractivity contribution < 1.29 is 26.0 Å². The molecular formula is C18H40O3Ti. The fourth-order valence-corrected chi connectivity index (χ4v) is 9.84. The SMILES string of the molecule is CCCCC[O][Ti](=[O])([CH2]CCCC)([CH2]CCCC)[O]C(C)C. The van der Waals surface area contributed by atoms with E-state index in [0.717, 1.165) is 57.8 Å². The summed E-state index contributed by atoms with van der Waals surface area (Å²) in [5.41, 5.74) is 0. The van der Waals surface area contributed by atoms with Crippen LogP contribution in [-0.4, -0.2) is 12.7 Å². The Balaban J connectivity index is 4.98. The Morgan fingerprint density at radius 3 is 1.64 bits per heavy atom. The van der Waals surface area contributed by atoms with Gasteiger partial charge in [-0.15, -0.1) is 0 Å². The van der Waals surface area contributed by atoms with Crippen LogP contribution >= 0.6 is 0 Å². The van der Waals surface area contributed by atoms with Gasteiger partial charge in [0.05, 0.1) is 0 Å². The van der Waals surface area contributed by atoms with E-state index in [4.69, 9.17) is 6.64 Å². The second kappa shape index (κ2) is 11.9. The third kappa shape index (κ3) is 9.55. The Hall–Kier alpha value is 0.434. The first-order valence-electron chi connectivity index (χ1n) is 9.62. The van der Waals surface area contributed by atoms with Crippen molar-refractivity contribution >= 4 is 0 Å². The first-order valence-corrected chi connectivity index (χ1v) is 13.7. The van der Waals surface area contributed by atoms with E-state index in [1.165, 1.54) is 0 Å². The number of unbranched alkanes of at least 4 members (excludes halogenated alkanes) is 6. The summed E-state index contributed by atoms with van der Waals surface area (Å²) in [5.74, 6) is 0. The van der Waals surface area contributed by atoms with Gasteiger partial charge in [-0.1, -0.05) is 0 Å². The molecular weight excluding hydrogens is 312 g/mol. The van der Waals surface area contributed by atoms with E-state index >= 15 is 0 Å². The third-order valence-corrected chi connectivity index (χ3v) is 11.2. The summed E-state index contributed by atoms with van der Waals surface area (Å²) in [5, 5.41) is 0. The van der Waals surface area contributed by atoms with Gasteiger partial charge in [0.2, 0.25) is 0 Å². The van der Waals surface area contributed by atoms with Crippen molar-refractivity contribution in [3.63, 3.8) is 0 Å². The molecule has 0 fully saturated rings. The fraction of sp³-hybridized carbons (Fsp3) is 1.00. The summed E-state index contributed by atoms with van der Waals surface area (Å²) in [4.78, 5) is 0. The molecule has 0 spiro atoms. The minimum absolute atomic E-state index is 0.0241. The quantitative estimate of drug-likeness (QED) is 0.243. The molecule has 0 aliphatic rings. The van der Waals surface area contributed by atoms with Gasteiger partial charge in [0, 0.05) is 0 Å².